The summed E-state index contributed by atoms with van der Waals surface area (Å²) in [5.41, 5.74) is 0.822. The lowest BCUT2D eigenvalue weighted by Crippen LogP contribution is -2.38. The van der Waals surface area contributed by atoms with Crippen molar-refractivity contribution in [3.63, 3.8) is 0 Å². The summed E-state index contributed by atoms with van der Waals surface area (Å²) in [6.07, 6.45) is 1.76. The van der Waals surface area contributed by atoms with Crippen molar-refractivity contribution < 1.29 is 5.11 Å². The maximum atomic E-state index is 10.6. The highest BCUT2D eigenvalue weighted by Gasteiger charge is 2.25. The molecule has 0 bridgehead atoms. The molecule has 2 rings (SSSR count). The molecule has 0 spiro atoms. The Kier molecular flexibility index (Phi) is 3.64. The molecule has 0 radical (unpaired) electrons. The normalized spacial score (nSPS) is 14.9. The van der Waals surface area contributed by atoms with Gasteiger partial charge in [0.05, 0.1) is 5.52 Å². The van der Waals surface area contributed by atoms with Gasteiger partial charge >= 0.3 is 0 Å². The monoisotopic (exact) mass is 244 g/mol. The lowest BCUT2D eigenvalue weighted by atomic mass is 9.93. The van der Waals surface area contributed by atoms with Crippen molar-refractivity contribution >= 4 is 10.9 Å². The zero-order chi connectivity index (χ0) is 13.2. The second-order valence-electron chi connectivity index (χ2n) is 5.19. The molecular weight excluding hydrogens is 224 g/mol. The SMILES string of the molecule is CC(C)NCC(C)(O)c1cccc2cccnc12. The van der Waals surface area contributed by atoms with E-state index in [0.29, 0.717) is 12.6 Å². The Morgan fingerprint density at radius 1 is 1.28 bits per heavy atom. The van der Waals surface area contributed by atoms with Crippen LogP contribution in [0.4, 0.5) is 0 Å². The molecule has 1 unspecified atom stereocenters. The van der Waals surface area contributed by atoms with Crippen LogP contribution in [0.1, 0.15) is 26.3 Å². The highest BCUT2D eigenvalue weighted by atomic mass is 16.3. The zero-order valence-electron chi connectivity index (χ0n) is 11.1. The van der Waals surface area contributed by atoms with Gasteiger partial charge in [-0.05, 0) is 13.0 Å². The third kappa shape index (κ3) is 2.68. The number of nitrogens with zero attached hydrogens (tertiary/aromatic N) is 1. The molecule has 96 valence electrons. The van der Waals surface area contributed by atoms with Crippen LogP contribution in [0.2, 0.25) is 0 Å². The number of benzene rings is 1. The van der Waals surface area contributed by atoms with Gasteiger partial charge in [-0.2, -0.15) is 0 Å². The van der Waals surface area contributed by atoms with Gasteiger partial charge in [-0.1, -0.05) is 38.1 Å². The lowest BCUT2D eigenvalue weighted by molar-refractivity contribution is 0.0563. The fraction of sp³-hybridized carbons (Fsp3) is 0.400. The molecule has 3 nitrogen and oxygen atoms in total. The largest absolute Gasteiger partial charge is 0.384 e. The second kappa shape index (κ2) is 5.04. The quantitative estimate of drug-likeness (QED) is 0.868. The molecule has 0 amide bonds. The van der Waals surface area contributed by atoms with E-state index < -0.39 is 5.60 Å². The van der Waals surface area contributed by atoms with Crippen LogP contribution in [0.3, 0.4) is 0 Å². The van der Waals surface area contributed by atoms with E-state index in [1.165, 1.54) is 0 Å². The number of hydrogen-bond acceptors (Lipinski definition) is 3. The van der Waals surface area contributed by atoms with Gasteiger partial charge in [0.1, 0.15) is 5.60 Å². The molecule has 1 aromatic heterocycles. The highest BCUT2D eigenvalue weighted by Crippen LogP contribution is 2.26. The molecule has 0 saturated carbocycles. The molecule has 3 heteroatoms. The van der Waals surface area contributed by atoms with Crippen LogP contribution in [0, 0.1) is 0 Å². The number of para-hydroxylation sites is 1. The summed E-state index contributed by atoms with van der Waals surface area (Å²) in [4.78, 5) is 4.39. The molecule has 0 aliphatic rings. The van der Waals surface area contributed by atoms with E-state index in [1.54, 1.807) is 6.20 Å². The summed E-state index contributed by atoms with van der Waals surface area (Å²) >= 11 is 0. The van der Waals surface area contributed by atoms with Crippen molar-refractivity contribution in [3.05, 3.63) is 42.1 Å². The van der Waals surface area contributed by atoms with E-state index >= 15 is 0 Å². The van der Waals surface area contributed by atoms with Crippen LogP contribution in [-0.4, -0.2) is 22.7 Å². The van der Waals surface area contributed by atoms with Crippen molar-refractivity contribution in [2.75, 3.05) is 6.54 Å². The average Bonchev–Trinajstić information content (AvgIpc) is 2.36. The minimum atomic E-state index is -0.919. The average molecular weight is 244 g/mol. The van der Waals surface area contributed by atoms with E-state index in [-0.39, 0.29) is 0 Å². The summed E-state index contributed by atoms with van der Waals surface area (Å²) in [5.74, 6) is 0. The number of fused-ring (bicyclic) bond motifs is 1. The molecule has 0 fully saturated rings. The summed E-state index contributed by atoms with van der Waals surface area (Å²) < 4.78 is 0. The molecule has 0 aliphatic carbocycles. The van der Waals surface area contributed by atoms with Gasteiger partial charge in [-0.3, -0.25) is 4.98 Å². The first-order valence-electron chi connectivity index (χ1n) is 6.31. The molecule has 2 aromatic rings. The van der Waals surface area contributed by atoms with Gasteiger partial charge in [0.15, 0.2) is 0 Å². The van der Waals surface area contributed by atoms with Gasteiger partial charge < -0.3 is 10.4 Å². The molecule has 0 aliphatic heterocycles. The molecule has 2 N–H and O–H groups in total. The van der Waals surface area contributed by atoms with Crippen molar-refractivity contribution in [1.29, 1.82) is 0 Å². The van der Waals surface area contributed by atoms with Crippen LogP contribution in [0.25, 0.3) is 10.9 Å². The summed E-state index contributed by atoms with van der Waals surface area (Å²) in [6, 6.07) is 10.2. The Labute approximate surface area is 108 Å². The number of nitrogens with one attached hydrogen (secondary N) is 1. The third-order valence-electron chi connectivity index (χ3n) is 3.07. The predicted molar refractivity (Wildman–Crippen MR) is 74.5 cm³/mol. The highest BCUT2D eigenvalue weighted by molar-refractivity contribution is 5.82. The second-order valence-corrected chi connectivity index (χ2v) is 5.19. The maximum absolute atomic E-state index is 10.6. The molecular formula is C15H20N2O. The summed E-state index contributed by atoms with van der Waals surface area (Å²) in [6.45, 7) is 6.47. The Hall–Kier alpha value is -1.45. The standard InChI is InChI=1S/C15H20N2O/c1-11(2)17-10-15(3,18)13-8-4-6-12-7-5-9-16-14(12)13/h4-9,11,17-18H,10H2,1-3H3. The summed E-state index contributed by atoms with van der Waals surface area (Å²) in [5, 5.41) is 15.0. The van der Waals surface area contributed by atoms with Crippen molar-refractivity contribution in [3.8, 4) is 0 Å². The lowest BCUT2D eigenvalue weighted by Gasteiger charge is -2.26. The van der Waals surface area contributed by atoms with Gasteiger partial charge in [0.2, 0.25) is 0 Å². The number of aliphatic hydroxyl groups is 1. The van der Waals surface area contributed by atoms with E-state index in [0.717, 1.165) is 16.5 Å². The Morgan fingerprint density at radius 3 is 2.72 bits per heavy atom. The zero-order valence-corrected chi connectivity index (χ0v) is 11.1. The van der Waals surface area contributed by atoms with Crippen LogP contribution >= 0.6 is 0 Å². The Balaban J connectivity index is 2.40. The first kappa shape index (κ1) is 13.0. The number of hydrogen-bond donors (Lipinski definition) is 2. The van der Waals surface area contributed by atoms with E-state index in [4.69, 9.17) is 0 Å². The molecule has 0 saturated heterocycles. The number of aromatic nitrogens is 1. The smallest absolute Gasteiger partial charge is 0.101 e. The van der Waals surface area contributed by atoms with Crippen LogP contribution in [-0.2, 0) is 5.60 Å². The van der Waals surface area contributed by atoms with Crippen molar-refractivity contribution in [2.24, 2.45) is 0 Å². The van der Waals surface area contributed by atoms with Crippen LogP contribution in [0.15, 0.2) is 36.5 Å². The van der Waals surface area contributed by atoms with E-state index in [1.807, 2.05) is 37.3 Å². The molecule has 1 atom stereocenters. The topological polar surface area (TPSA) is 45.1 Å². The molecule has 1 heterocycles. The van der Waals surface area contributed by atoms with E-state index in [9.17, 15) is 5.11 Å². The minimum Gasteiger partial charge on any atom is -0.384 e. The van der Waals surface area contributed by atoms with Gasteiger partial charge in [-0.15, -0.1) is 0 Å². The van der Waals surface area contributed by atoms with E-state index in [2.05, 4.69) is 24.1 Å². The maximum Gasteiger partial charge on any atom is 0.101 e. The Bertz CT molecular complexity index is 530. The van der Waals surface area contributed by atoms with Crippen molar-refractivity contribution in [1.82, 2.24) is 10.3 Å². The minimum absolute atomic E-state index is 0.347. The first-order valence-corrected chi connectivity index (χ1v) is 6.31. The Morgan fingerprint density at radius 2 is 2.00 bits per heavy atom. The van der Waals surface area contributed by atoms with Crippen LogP contribution < -0.4 is 5.32 Å². The predicted octanol–water partition coefficient (Wildman–Crippen LogP) is 2.44. The third-order valence-corrected chi connectivity index (χ3v) is 3.07. The fourth-order valence-electron chi connectivity index (χ4n) is 2.04. The van der Waals surface area contributed by atoms with Gasteiger partial charge in [0.25, 0.3) is 0 Å². The van der Waals surface area contributed by atoms with Crippen molar-refractivity contribution in [2.45, 2.75) is 32.4 Å². The summed E-state index contributed by atoms with van der Waals surface area (Å²) in [7, 11) is 0. The number of rotatable bonds is 4. The van der Waals surface area contributed by atoms with Gasteiger partial charge in [-0.25, -0.2) is 0 Å². The number of pyridine rings is 1. The van der Waals surface area contributed by atoms with Crippen LogP contribution in [0.5, 0.6) is 0 Å². The first-order chi connectivity index (χ1) is 8.50. The molecule has 1 aromatic carbocycles. The fourth-order valence-corrected chi connectivity index (χ4v) is 2.04. The molecule has 18 heavy (non-hydrogen) atoms. The van der Waals surface area contributed by atoms with Gasteiger partial charge in [0, 0.05) is 29.7 Å².